The SMILES string of the molecule is CNCCC(O)C(O)c1cc(OC)cc(C(=O)O)c1. The lowest BCUT2D eigenvalue weighted by molar-refractivity contribution is 0.0138. The fourth-order valence-electron chi connectivity index (χ4n) is 1.71. The van der Waals surface area contributed by atoms with Gasteiger partial charge in [0.1, 0.15) is 11.9 Å². The van der Waals surface area contributed by atoms with Gasteiger partial charge in [-0.2, -0.15) is 0 Å². The molecule has 4 N–H and O–H groups in total. The molecule has 1 aromatic rings. The average molecular weight is 269 g/mol. The van der Waals surface area contributed by atoms with E-state index in [4.69, 9.17) is 9.84 Å². The van der Waals surface area contributed by atoms with Gasteiger partial charge >= 0.3 is 5.97 Å². The van der Waals surface area contributed by atoms with Crippen LogP contribution in [0.2, 0.25) is 0 Å². The highest BCUT2D eigenvalue weighted by molar-refractivity contribution is 5.88. The maximum atomic E-state index is 11.0. The molecule has 2 unspecified atom stereocenters. The van der Waals surface area contributed by atoms with Gasteiger partial charge in [-0.3, -0.25) is 0 Å². The van der Waals surface area contributed by atoms with Crippen molar-refractivity contribution >= 4 is 5.97 Å². The van der Waals surface area contributed by atoms with Crippen LogP contribution in [-0.4, -0.2) is 48.1 Å². The summed E-state index contributed by atoms with van der Waals surface area (Å²) < 4.78 is 4.99. The number of ether oxygens (including phenoxy) is 1. The molecule has 0 bridgehead atoms. The third-order valence-corrected chi connectivity index (χ3v) is 2.81. The topological polar surface area (TPSA) is 99.0 Å². The molecule has 0 spiro atoms. The van der Waals surface area contributed by atoms with Crippen molar-refractivity contribution < 1.29 is 24.9 Å². The molecule has 2 atom stereocenters. The molecule has 106 valence electrons. The Morgan fingerprint density at radius 3 is 2.58 bits per heavy atom. The second-order valence-corrected chi connectivity index (χ2v) is 4.20. The average Bonchev–Trinajstić information content (AvgIpc) is 2.43. The maximum Gasteiger partial charge on any atom is 0.335 e. The number of rotatable bonds is 7. The van der Waals surface area contributed by atoms with Gasteiger partial charge in [0.2, 0.25) is 0 Å². The molecule has 0 aliphatic rings. The summed E-state index contributed by atoms with van der Waals surface area (Å²) in [6.07, 6.45) is -1.76. The molecule has 0 fully saturated rings. The van der Waals surface area contributed by atoms with Crippen LogP contribution in [0.15, 0.2) is 18.2 Å². The molecule has 6 nitrogen and oxygen atoms in total. The van der Waals surface area contributed by atoms with Gasteiger partial charge in [0.25, 0.3) is 0 Å². The van der Waals surface area contributed by atoms with Crippen molar-refractivity contribution in [2.24, 2.45) is 0 Å². The molecule has 1 aromatic carbocycles. The van der Waals surface area contributed by atoms with E-state index in [2.05, 4.69) is 5.32 Å². The predicted molar refractivity (Wildman–Crippen MR) is 69.5 cm³/mol. The molecular formula is C13H19NO5. The number of aliphatic hydroxyl groups excluding tert-OH is 2. The number of carboxylic acid groups (broad SMARTS) is 1. The number of benzene rings is 1. The Labute approximate surface area is 111 Å². The summed E-state index contributed by atoms with van der Waals surface area (Å²) in [5.41, 5.74) is 0.328. The minimum Gasteiger partial charge on any atom is -0.497 e. The molecule has 0 aliphatic carbocycles. The van der Waals surface area contributed by atoms with Crippen LogP contribution in [0.1, 0.15) is 28.4 Å². The second kappa shape index (κ2) is 7.08. The Hall–Kier alpha value is -1.63. The molecule has 1 rings (SSSR count). The van der Waals surface area contributed by atoms with E-state index in [0.717, 1.165) is 0 Å². The number of nitrogens with one attached hydrogen (secondary N) is 1. The van der Waals surface area contributed by atoms with Crippen molar-refractivity contribution in [1.29, 1.82) is 0 Å². The number of hydrogen-bond donors (Lipinski definition) is 4. The third-order valence-electron chi connectivity index (χ3n) is 2.81. The van der Waals surface area contributed by atoms with Crippen molar-refractivity contribution in [3.8, 4) is 5.75 Å². The summed E-state index contributed by atoms with van der Waals surface area (Å²) in [7, 11) is 3.15. The van der Waals surface area contributed by atoms with Gasteiger partial charge in [-0.1, -0.05) is 0 Å². The van der Waals surface area contributed by atoms with E-state index in [1.165, 1.54) is 25.3 Å². The Kier molecular flexibility index (Phi) is 5.75. The van der Waals surface area contributed by atoms with Crippen molar-refractivity contribution in [3.63, 3.8) is 0 Å². The fourth-order valence-corrected chi connectivity index (χ4v) is 1.71. The molecule has 0 radical (unpaired) electrons. The smallest absolute Gasteiger partial charge is 0.335 e. The standard InChI is InChI=1S/C13H19NO5/c1-14-4-3-11(15)12(16)8-5-9(13(17)18)7-10(6-8)19-2/h5-7,11-12,14-16H,3-4H2,1-2H3,(H,17,18). The Morgan fingerprint density at radius 1 is 1.37 bits per heavy atom. The van der Waals surface area contributed by atoms with Gasteiger partial charge < -0.3 is 25.4 Å². The van der Waals surface area contributed by atoms with Crippen molar-refractivity contribution in [2.45, 2.75) is 18.6 Å². The van der Waals surface area contributed by atoms with Crippen LogP contribution in [0, 0.1) is 0 Å². The summed E-state index contributed by atoms with van der Waals surface area (Å²) in [5.74, 6) is -0.785. The van der Waals surface area contributed by atoms with Crippen LogP contribution in [-0.2, 0) is 0 Å². The highest BCUT2D eigenvalue weighted by Gasteiger charge is 2.20. The molecule has 0 aromatic heterocycles. The normalized spacial score (nSPS) is 13.9. The number of carbonyl (C=O) groups is 1. The van der Waals surface area contributed by atoms with Gasteiger partial charge in [0.05, 0.1) is 18.8 Å². The molecular weight excluding hydrogens is 250 g/mol. The van der Waals surface area contributed by atoms with E-state index in [1.807, 2.05) is 0 Å². The Balaban J connectivity index is 2.97. The summed E-state index contributed by atoms with van der Waals surface area (Å²) >= 11 is 0. The summed E-state index contributed by atoms with van der Waals surface area (Å²) in [6, 6.07) is 4.20. The van der Waals surface area contributed by atoms with E-state index in [0.29, 0.717) is 24.3 Å². The van der Waals surface area contributed by atoms with Gasteiger partial charge in [-0.25, -0.2) is 4.79 Å². The number of methoxy groups -OCH3 is 1. The quantitative estimate of drug-likeness (QED) is 0.572. The van der Waals surface area contributed by atoms with Gasteiger partial charge in [0, 0.05) is 0 Å². The number of aromatic carboxylic acids is 1. The van der Waals surface area contributed by atoms with E-state index >= 15 is 0 Å². The molecule has 0 aliphatic heterocycles. The summed E-state index contributed by atoms with van der Waals surface area (Å²) in [4.78, 5) is 11.0. The Bertz CT molecular complexity index is 435. The summed E-state index contributed by atoms with van der Waals surface area (Å²) in [5, 5.41) is 31.7. The van der Waals surface area contributed by atoms with E-state index < -0.39 is 18.2 Å². The van der Waals surface area contributed by atoms with Crippen molar-refractivity contribution in [3.05, 3.63) is 29.3 Å². The minimum atomic E-state index is -1.15. The lowest BCUT2D eigenvalue weighted by atomic mass is 9.99. The zero-order valence-corrected chi connectivity index (χ0v) is 11.0. The van der Waals surface area contributed by atoms with Gasteiger partial charge in [-0.15, -0.1) is 0 Å². The van der Waals surface area contributed by atoms with Crippen LogP contribution >= 0.6 is 0 Å². The first kappa shape index (κ1) is 15.4. The summed E-state index contributed by atoms with van der Waals surface area (Å²) in [6.45, 7) is 0.550. The number of aliphatic hydroxyl groups is 2. The Morgan fingerprint density at radius 2 is 2.05 bits per heavy atom. The second-order valence-electron chi connectivity index (χ2n) is 4.20. The van der Waals surface area contributed by atoms with Crippen LogP contribution in [0.3, 0.4) is 0 Å². The van der Waals surface area contributed by atoms with Gasteiger partial charge in [0.15, 0.2) is 0 Å². The van der Waals surface area contributed by atoms with Crippen LogP contribution < -0.4 is 10.1 Å². The molecule has 0 amide bonds. The van der Waals surface area contributed by atoms with E-state index in [9.17, 15) is 15.0 Å². The highest BCUT2D eigenvalue weighted by atomic mass is 16.5. The largest absolute Gasteiger partial charge is 0.497 e. The van der Waals surface area contributed by atoms with E-state index in [-0.39, 0.29) is 5.56 Å². The zero-order valence-electron chi connectivity index (χ0n) is 11.0. The lowest BCUT2D eigenvalue weighted by Gasteiger charge is -2.19. The molecule has 19 heavy (non-hydrogen) atoms. The van der Waals surface area contributed by atoms with Crippen LogP contribution in [0.5, 0.6) is 5.75 Å². The first-order valence-corrected chi connectivity index (χ1v) is 5.92. The molecule has 0 saturated carbocycles. The van der Waals surface area contributed by atoms with Gasteiger partial charge in [-0.05, 0) is 43.8 Å². The predicted octanol–water partition coefficient (Wildman–Crippen LogP) is 0.397. The first-order chi connectivity index (χ1) is 8.99. The number of carboxylic acids is 1. The zero-order chi connectivity index (χ0) is 14.4. The number of hydrogen-bond acceptors (Lipinski definition) is 5. The molecule has 6 heteroatoms. The third kappa shape index (κ3) is 4.20. The van der Waals surface area contributed by atoms with Crippen molar-refractivity contribution in [1.82, 2.24) is 5.32 Å². The molecule has 0 saturated heterocycles. The fraction of sp³-hybridized carbons (Fsp3) is 0.462. The van der Waals surface area contributed by atoms with Crippen LogP contribution in [0.25, 0.3) is 0 Å². The minimum absolute atomic E-state index is 0.00853. The first-order valence-electron chi connectivity index (χ1n) is 5.92. The van der Waals surface area contributed by atoms with E-state index in [1.54, 1.807) is 7.05 Å². The monoisotopic (exact) mass is 269 g/mol. The maximum absolute atomic E-state index is 11.0. The lowest BCUT2D eigenvalue weighted by Crippen LogP contribution is -2.23. The highest BCUT2D eigenvalue weighted by Crippen LogP contribution is 2.25. The van der Waals surface area contributed by atoms with Crippen molar-refractivity contribution in [2.75, 3.05) is 20.7 Å². The molecule has 0 heterocycles. The van der Waals surface area contributed by atoms with Crippen LogP contribution in [0.4, 0.5) is 0 Å².